The molecule has 86 valence electrons. The van der Waals surface area contributed by atoms with Crippen LogP contribution >= 0.6 is 0 Å². The summed E-state index contributed by atoms with van der Waals surface area (Å²) in [5.74, 6) is -0.487. The van der Waals surface area contributed by atoms with Gasteiger partial charge in [-0.2, -0.15) is 0 Å². The van der Waals surface area contributed by atoms with Gasteiger partial charge in [-0.05, 0) is 26.0 Å². The molecule has 0 aliphatic carbocycles. The molecule has 1 aromatic heterocycles. The molecule has 0 aromatic carbocycles. The summed E-state index contributed by atoms with van der Waals surface area (Å²) in [4.78, 5) is 25.5. The summed E-state index contributed by atoms with van der Waals surface area (Å²) < 4.78 is 0. The van der Waals surface area contributed by atoms with Crippen LogP contribution in [-0.4, -0.2) is 22.1 Å². The maximum Gasteiger partial charge on any atom is 0.409 e. The van der Waals surface area contributed by atoms with E-state index >= 15 is 0 Å². The number of aromatic nitrogens is 1. The number of rotatable bonds is 3. The van der Waals surface area contributed by atoms with Gasteiger partial charge in [0, 0.05) is 0 Å². The molecule has 4 N–H and O–H groups in total. The summed E-state index contributed by atoms with van der Waals surface area (Å²) in [5.41, 5.74) is 5.20. The summed E-state index contributed by atoms with van der Waals surface area (Å²) in [7, 11) is 0. The Morgan fingerprint density at radius 1 is 1.44 bits per heavy atom. The lowest BCUT2D eigenvalue weighted by Gasteiger charge is -2.19. The molecule has 6 heteroatoms. The number of carbonyl (C=O) groups is 2. The molecule has 0 radical (unpaired) electrons. The fraction of sp³-hybridized carbons (Fsp3) is 0.300. The number of nitrogens with zero attached hydrogens (tertiary/aromatic N) is 1. The van der Waals surface area contributed by atoms with E-state index in [9.17, 15) is 9.59 Å². The molecule has 0 atom stereocenters. The number of carbonyl (C=O) groups excluding carboxylic acids is 1. The van der Waals surface area contributed by atoms with Crippen molar-refractivity contribution in [2.45, 2.75) is 19.3 Å². The largest absolute Gasteiger partial charge is 0.465 e. The summed E-state index contributed by atoms with van der Waals surface area (Å²) in [6, 6.07) is 3.09. The fourth-order valence-corrected chi connectivity index (χ4v) is 1.09. The molecule has 0 aliphatic heterocycles. The lowest BCUT2D eigenvalue weighted by Crippen LogP contribution is -2.36. The second-order valence-electron chi connectivity index (χ2n) is 3.85. The summed E-state index contributed by atoms with van der Waals surface area (Å²) in [5, 5.41) is 10.6. The van der Waals surface area contributed by atoms with Crippen LogP contribution in [0, 0.1) is 0 Å². The van der Waals surface area contributed by atoms with Crippen LogP contribution in [0.5, 0.6) is 0 Å². The summed E-state index contributed by atoms with van der Waals surface area (Å²) in [6.07, 6.45) is 0.178. The van der Waals surface area contributed by atoms with Gasteiger partial charge in [-0.15, -0.1) is 0 Å². The first-order chi connectivity index (χ1) is 7.34. The first-order valence-corrected chi connectivity index (χ1v) is 4.60. The highest BCUT2D eigenvalue weighted by Crippen LogP contribution is 2.21. The van der Waals surface area contributed by atoms with Crippen molar-refractivity contribution in [3.8, 4) is 0 Å². The Balaban J connectivity index is 2.95. The number of carboxylic acid groups (broad SMARTS) is 1. The first kappa shape index (κ1) is 12.0. The predicted molar refractivity (Wildman–Crippen MR) is 58.1 cm³/mol. The molecule has 0 saturated heterocycles. The van der Waals surface area contributed by atoms with Crippen molar-refractivity contribution in [3.05, 3.63) is 24.0 Å². The average Bonchev–Trinajstić information content (AvgIpc) is 2.17. The van der Waals surface area contributed by atoms with E-state index in [0.717, 1.165) is 0 Å². The number of nitrogens with one attached hydrogen (secondary N) is 1. The van der Waals surface area contributed by atoms with Gasteiger partial charge < -0.3 is 10.8 Å². The standard InChI is InChI=1S/C10H13N3O3/c1-10(2,8(11)14)7-4-3-6(5-12-7)13-9(15)16/h3-5,13H,1-2H3,(H2,11,14)(H,15,16). The Bertz CT molecular complexity index is 412. The Kier molecular flexibility index (Phi) is 3.12. The van der Waals surface area contributed by atoms with E-state index < -0.39 is 17.4 Å². The molecule has 1 aromatic rings. The zero-order valence-electron chi connectivity index (χ0n) is 9.02. The zero-order chi connectivity index (χ0) is 12.3. The van der Waals surface area contributed by atoms with Gasteiger partial charge in [0.2, 0.25) is 5.91 Å². The Hall–Kier alpha value is -2.11. The van der Waals surface area contributed by atoms with Crippen LogP contribution in [0.2, 0.25) is 0 Å². The number of anilines is 1. The van der Waals surface area contributed by atoms with Crippen LogP contribution in [0.1, 0.15) is 19.5 Å². The highest BCUT2D eigenvalue weighted by atomic mass is 16.4. The van der Waals surface area contributed by atoms with Gasteiger partial charge in [0.15, 0.2) is 0 Å². The smallest absolute Gasteiger partial charge is 0.409 e. The maximum atomic E-state index is 11.2. The van der Waals surface area contributed by atoms with Crippen LogP contribution in [0.3, 0.4) is 0 Å². The molecular formula is C10H13N3O3. The Morgan fingerprint density at radius 3 is 2.44 bits per heavy atom. The quantitative estimate of drug-likeness (QED) is 0.708. The molecule has 1 rings (SSSR count). The van der Waals surface area contributed by atoms with Crippen LogP contribution in [0.25, 0.3) is 0 Å². The Labute approximate surface area is 92.5 Å². The molecule has 0 spiro atoms. The fourth-order valence-electron chi connectivity index (χ4n) is 1.09. The molecule has 0 unspecified atom stereocenters. The van der Waals surface area contributed by atoms with E-state index in [1.54, 1.807) is 19.9 Å². The van der Waals surface area contributed by atoms with Gasteiger partial charge >= 0.3 is 6.09 Å². The SMILES string of the molecule is CC(C)(C(N)=O)c1ccc(NC(=O)O)cn1. The minimum atomic E-state index is -1.16. The lowest BCUT2D eigenvalue weighted by atomic mass is 9.88. The number of amides is 2. The summed E-state index contributed by atoms with van der Waals surface area (Å²) >= 11 is 0. The maximum absolute atomic E-state index is 11.2. The van der Waals surface area contributed by atoms with Crippen molar-refractivity contribution in [3.63, 3.8) is 0 Å². The number of primary amides is 1. The molecule has 0 bridgehead atoms. The third-order valence-electron chi connectivity index (χ3n) is 2.27. The third-order valence-corrected chi connectivity index (χ3v) is 2.27. The number of pyridine rings is 1. The van der Waals surface area contributed by atoms with Gasteiger partial charge in [0.1, 0.15) is 0 Å². The van der Waals surface area contributed by atoms with Crippen molar-refractivity contribution in [1.82, 2.24) is 4.98 Å². The monoisotopic (exact) mass is 223 g/mol. The van der Waals surface area contributed by atoms with E-state index in [1.165, 1.54) is 12.3 Å². The van der Waals surface area contributed by atoms with Gasteiger partial charge in [0.05, 0.1) is 23.0 Å². The molecule has 0 saturated carbocycles. The second kappa shape index (κ2) is 4.18. The molecule has 0 aliphatic rings. The van der Waals surface area contributed by atoms with E-state index in [-0.39, 0.29) is 0 Å². The summed E-state index contributed by atoms with van der Waals surface area (Å²) in [6.45, 7) is 3.31. The zero-order valence-corrected chi connectivity index (χ0v) is 9.02. The number of nitrogens with two attached hydrogens (primary N) is 1. The average molecular weight is 223 g/mol. The van der Waals surface area contributed by atoms with Crippen molar-refractivity contribution < 1.29 is 14.7 Å². The normalized spacial score (nSPS) is 10.9. The van der Waals surface area contributed by atoms with Crippen LogP contribution in [0.15, 0.2) is 18.3 Å². The predicted octanol–water partition coefficient (Wildman–Crippen LogP) is 0.934. The van der Waals surface area contributed by atoms with Crippen molar-refractivity contribution in [2.24, 2.45) is 5.73 Å². The molecule has 6 nitrogen and oxygen atoms in total. The van der Waals surface area contributed by atoms with Crippen molar-refractivity contribution >= 4 is 17.7 Å². The van der Waals surface area contributed by atoms with Gasteiger partial charge in [-0.25, -0.2) is 4.79 Å². The van der Waals surface area contributed by atoms with Crippen LogP contribution < -0.4 is 11.1 Å². The molecule has 2 amide bonds. The highest BCUT2D eigenvalue weighted by Gasteiger charge is 2.28. The van der Waals surface area contributed by atoms with Gasteiger partial charge in [-0.1, -0.05) is 0 Å². The van der Waals surface area contributed by atoms with E-state index in [0.29, 0.717) is 11.4 Å². The minimum absolute atomic E-state index is 0.344. The molecular weight excluding hydrogens is 210 g/mol. The second-order valence-corrected chi connectivity index (χ2v) is 3.85. The van der Waals surface area contributed by atoms with E-state index in [4.69, 9.17) is 10.8 Å². The molecule has 1 heterocycles. The van der Waals surface area contributed by atoms with Gasteiger partial charge in [0.25, 0.3) is 0 Å². The number of hydrogen-bond acceptors (Lipinski definition) is 3. The van der Waals surface area contributed by atoms with Crippen LogP contribution in [0.4, 0.5) is 10.5 Å². The van der Waals surface area contributed by atoms with Crippen molar-refractivity contribution in [1.29, 1.82) is 0 Å². The van der Waals surface area contributed by atoms with E-state index in [1.807, 2.05) is 0 Å². The number of hydrogen-bond donors (Lipinski definition) is 3. The lowest BCUT2D eigenvalue weighted by molar-refractivity contribution is -0.122. The third kappa shape index (κ3) is 2.47. The minimum Gasteiger partial charge on any atom is -0.465 e. The van der Waals surface area contributed by atoms with Crippen LogP contribution in [-0.2, 0) is 10.2 Å². The highest BCUT2D eigenvalue weighted by molar-refractivity contribution is 5.85. The van der Waals surface area contributed by atoms with E-state index in [2.05, 4.69) is 10.3 Å². The topological polar surface area (TPSA) is 105 Å². The Morgan fingerprint density at radius 2 is 2.06 bits per heavy atom. The van der Waals surface area contributed by atoms with Gasteiger partial charge in [-0.3, -0.25) is 15.1 Å². The first-order valence-electron chi connectivity index (χ1n) is 4.60. The van der Waals surface area contributed by atoms with Crippen molar-refractivity contribution in [2.75, 3.05) is 5.32 Å². The molecule has 0 fully saturated rings. The molecule has 16 heavy (non-hydrogen) atoms.